The fourth-order valence-corrected chi connectivity index (χ4v) is 3.38. The Kier molecular flexibility index (Phi) is 4.94. The minimum Gasteiger partial charge on any atom is -0.441 e. The van der Waals surface area contributed by atoms with E-state index in [0.29, 0.717) is 30.4 Å². The maximum Gasteiger partial charge on any atom is 0.276 e. The van der Waals surface area contributed by atoms with Crippen LogP contribution in [0.1, 0.15) is 16.2 Å². The molecular formula is C20H19BrN4O2. The van der Waals surface area contributed by atoms with Gasteiger partial charge in [-0.3, -0.25) is 4.79 Å². The Labute approximate surface area is 166 Å². The maximum atomic E-state index is 12.9. The van der Waals surface area contributed by atoms with Crippen LogP contribution in [0, 0.1) is 6.92 Å². The lowest BCUT2D eigenvalue weighted by atomic mass is 10.2. The van der Waals surface area contributed by atoms with Gasteiger partial charge in [0.15, 0.2) is 5.69 Å². The molecule has 1 aliphatic heterocycles. The number of halogens is 1. The third-order valence-corrected chi connectivity index (χ3v) is 5.09. The Morgan fingerprint density at radius 2 is 1.81 bits per heavy atom. The number of aromatic nitrogens is 2. The van der Waals surface area contributed by atoms with Gasteiger partial charge in [0.25, 0.3) is 5.91 Å². The lowest BCUT2D eigenvalue weighted by Crippen LogP contribution is -2.49. The Morgan fingerprint density at radius 1 is 1.07 bits per heavy atom. The Balaban J connectivity index is 1.45. The summed E-state index contributed by atoms with van der Waals surface area (Å²) in [5.74, 6) is 1.88. The van der Waals surface area contributed by atoms with E-state index in [4.69, 9.17) is 4.42 Å². The van der Waals surface area contributed by atoms with Crippen molar-refractivity contribution in [2.45, 2.75) is 6.92 Å². The summed E-state index contributed by atoms with van der Waals surface area (Å²) in [5.41, 5.74) is 1.26. The highest BCUT2D eigenvalue weighted by molar-refractivity contribution is 9.10. The van der Waals surface area contributed by atoms with E-state index in [2.05, 4.69) is 30.8 Å². The Bertz CT molecular complexity index is 932. The number of anilines is 1. The second-order valence-electron chi connectivity index (χ2n) is 6.40. The van der Waals surface area contributed by atoms with Crippen molar-refractivity contribution in [3.8, 4) is 11.5 Å². The zero-order valence-corrected chi connectivity index (χ0v) is 16.5. The van der Waals surface area contributed by atoms with E-state index in [1.54, 1.807) is 13.1 Å². The molecule has 1 saturated heterocycles. The summed E-state index contributed by atoms with van der Waals surface area (Å²) < 4.78 is 6.69. The standard InChI is InChI=1S/C20H19BrN4O2/c1-14-18(23-19(27-14)15-5-3-2-4-6-15)20(26)25-11-9-24(10-12-25)17-8-7-16(21)13-22-17/h2-8,13H,9-12H2,1H3. The van der Waals surface area contributed by atoms with E-state index in [0.717, 1.165) is 28.9 Å². The van der Waals surface area contributed by atoms with E-state index >= 15 is 0 Å². The van der Waals surface area contributed by atoms with Gasteiger partial charge in [0.2, 0.25) is 5.89 Å². The number of rotatable bonds is 3. The van der Waals surface area contributed by atoms with Crippen molar-refractivity contribution in [3.05, 3.63) is 64.6 Å². The van der Waals surface area contributed by atoms with Crippen molar-refractivity contribution in [2.24, 2.45) is 0 Å². The van der Waals surface area contributed by atoms with Gasteiger partial charge in [-0.1, -0.05) is 18.2 Å². The third kappa shape index (κ3) is 3.73. The first kappa shape index (κ1) is 17.7. The quantitative estimate of drug-likeness (QED) is 0.637. The highest BCUT2D eigenvalue weighted by Crippen LogP contribution is 2.23. The molecule has 0 unspecified atom stereocenters. The summed E-state index contributed by atoms with van der Waals surface area (Å²) in [6.45, 7) is 4.52. The Morgan fingerprint density at radius 3 is 2.48 bits per heavy atom. The molecule has 138 valence electrons. The predicted molar refractivity (Wildman–Crippen MR) is 107 cm³/mol. The average Bonchev–Trinajstić information content (AvgIpc) is 3.10. The van der Waals surface area contributed by atoms with Crippen molar-refractivity contribution in [2.75, 3.05) is 31.1 Å². The molecule has 0 N–H and O–H groups in total. The molecule has 1 aliphatic rings. The molecule has 0 spiro atoms. The first-order valence-electron chi connectivity index (χ1n) is 8.80. The number of hydrogen-bond acceptors (Lipinski definition) is 5. The molecule has 0 bridgehead atoms. The minimum absolute atomic E-state index is 0.0816. The van der Waals surface area contributed by atoms with Crippen LogP contribution < -0.4 is 4.90 Å². The first-order valence-corrected chi connectivity index (χ1v) is 9.60. The molecular weight excluding hydrogens is 408 g/mol. The highest BCUT2D eigenvalue weighted by atomic mass is 79.9. The molecule has 1 fully saturated rings. The zero-order chi connectivity index (χ0) is 18.8. The molecule has 0 saturated carbocycles. The van der Waals surface area contributed by atoms with Crippen LogP contribution in [0.2, 0.25) is 0 Å². The predicted octanol–water partition coefficient (Wildman–Crippen LogP) is 3.77. The molecule has 7 heteroatoms. The fraction of sp³-hybridized carbons (Fsp3) is 0.250. The third-order valence-electron chi connectivity index (χ3n) is 4.62. The van der Waals surface area contributed by atoms with Gasteiger partial charge >= 0.3 is 0 Å². The Hall–Kier alpha value is -2.67. The van der Waals surface area contributed by atoms with Crippen molar-refractivity contribution in [1.29, 1.82) is 0 Å². The van der Waals surface area contributed by atoms with Crippen LogP contribution in [-0.4, -0.2) is 47.0 Å². The van der Waals surface area contributed by atoms with Gasteiger partial charge in [-0.2, -0.15) is 0 Å². The lowest BCUT2D eigenvalue weighted by molar-refractivity contribution is 0.0739. The zero-order valence-electron chi connectivity index (χ0n) is 14.9. The normalized spacial score (nSPS) is 14.4. The van der Waals surface area contributed by atoms with E-state index in [1.807, 2.05) is 47.4 Å². The van der Waals surface area contributed by atoms with Crippen molar-refractivity contribution in [3.63, 3.8) is 0 Å². The molecule has 0 radical (unpaired) electrons. The van der Waals surface area contributed by atoms with Gasteiger partial charge in [-0.15, -0.1) is 0 Å². The molecule has 0 atom stereocenters. The SMILES string of the molecule is Cc1oc(-c2ccccc2)nc1C(=O)N1CCN(c2ccc(Br)cn2)CC1. The number of piperazine rings is 1. The van der Waals surface area contributed by atoms with Gasteiger partial charge in [-0.05, 0) is 47.1 Å². The second kappa shape index (κ2) is 7.52. The number of nitrogens with zero attached hydrogens (tertiary/aromatic N) is 4. The number of carbonyl (C=O) groups excluding carboxylic acids is 1. The number of oxazole rings is 1. The minimum atomic E-state index is -0.0816. The van der Waals surface area contributed by atoms with Crippen LogP contribution in [0.15, 0.2) is 57.6 Å². The van der Waals surface area contributed by atoms with Crippen molar-refractivity contribution in [1.82, 2.24) is 14.9 Å². The topological polar surface area (TPSA) is 62.5 Å². The smallest absolute Gasteiger partial charge is 0.276 e. The summed E-state index contributed by atoms with van der Waals surface area (Å²) in [5, 5.41) is 0. The van der Waals surface area contributed by atoms with Crippen LogP contribution >= 0.6 is 15.9 Å². The number of benzene rings is 1. The molecule has 6 nitrogen and oxygen atoms in total. The van der Waals surface area contributed by atoms with E-state index in [-0.39, 0.29) is 5.91 Å². The first-order chi connectivity index (χ1) is 13.1. The molecule has 27 heavy (non-hydrogen) atoms. The molecule has 1 aromatic carbocycles. The van der Waals surface area contributed by atoms with Gasteiger partial charge in [0, 0.05) is 42.4 Å². The molecule has 4 rings (SSSR count). The summed E-state index contributed by atoms with van der Waals surface area (Å²) in [6, 6.07) is 13.6. The molecule has 3 heterocycles. The molecule has 1 amide bonds. The van der Waals surface area contributed by atoms with Crippen LogP contribution in [-0.2, 0) is 0 Å². The second-order valence-corrected chi connectivity index (χ2v) is 7.32. The van der Waals surface area contributed by atoms with Crippen LogP contribution in [0.25, 0.3) is 11.5 Å². The van der Waals surface area contributed by atoms with Crippen LogP contribution in [0.5, 0.6) is 0 Å². The van der Waals surface area contributed by atoms with Gasteiger partial charge in [-0.25, -0.2) is 9.97 Å². The summed E-state index contributed by atoms with van der Waals surface area (Å²) in [7, 11) is 0. The summed E-state index contributed by atoms with van der Waals surface area (Å²) in [4.78, 5) is 25.8. The van der Waals surface area contributed by atoms with Gasteiger partial charge < -0.3 is 14.2 Å². The van der Waals surface area contributed by atoms with Crippen LogP contribution in [0.3, 0.4) is 0 Å². The van der Waals surface area contributed by atoms with E-state index in [1.165, 1.54) is 0 Å². The molecule has 2 aromatic heterocycles. The summed E-state index contributed by atoms with van der Waals surface area (Å²) >= 11 is 3.40. The number of aryl methyl sites for hydroxylation is 1. The van der Waals surface area contributed by atoms with Crippen molar-refractivity contribution < 1.29 is 9.21 Å². The maximum absolute atomic E-state index is 12.9. The average molecular weight is 427 g/mol. The number of pyridine rings is 1. The lowest BCUT2D eigenvalue weighted by Gasteiger charge is -2.35. The number of carbonyl (C=O) groups is 1. The van der Waals surface area contributed by atoms with Gasteiger partial charge in [0.05, 0.1) is 0 Å². The van der Waals surface area contributed by atoms with Crippen molar-refractivity contribution >= 4 is 27.7 Å². The monoisotopic (exact) mass is 426 g/mol. The highest BCUT2D eigenvalue weighted by Gasteiger charge is 2.27. The van der Waals surface area contributed by atoms with Crippen LogP contribution in [0.4, 0.5) is 5.82 Å². The summed E-state index contributed by atoms with van der Waals surface area (Å²) in [6.07, 6.45) is 1.79. The van der Waals surface area contributed by atoms with Gasteiger partial charge in [0.1, 0.15) is 11.6 Å². The molecule has 3 aromatic rings. The fourth-order valence-electron chi connectivity index (χ4n) is 3.14. The number of hydrogen-bond donors (Lipinski definition) is 0. The van der Waals surface area contributed by atoms with E-state index < -0.39 is 0 Å². The largest absolute Gasteiger partial charge is 0.441 e. The van der Waals surface area contributed by atoms with E-state index in [9.17, 15) is 4.79 Å². The molecule has 0 aliphatic carbocycles. The number of amides is 1.